The molecule has 1 atom stereocenters. The Labute approximate surface area is 162 Å². The molecule has 28 heavy (non-hydrogen) atoms. The van der Waals surface area contributed by atoms with Crippen LogP contribution in [0.2, 0.25) is 0 Å². The number of aromatic nitrogens is 1. The number of carbonyl (C=O) groups is 2. The van der Waals surface area contributed by atoms with Gasteiger partial charge in [-0.2, -0.15) is 0 Å². The number of nitrogens with one attached hydrogen (secondary N) is 1. The van der Waals surface area contributed by atoms with E-state index in [1.807, 2.05) is 42.6 Å². The maximum atomic E-state index is 12.8. The smallest absolute Gasteiger partial charge is 0.324 e. The van der Waals surface area contributed by atoms with Crippen molar-refractivity contribution in [3.05, 3.63) is 65.9 Å². The van der Waals surface area contributed by atoms with Crippen LogP contribution in [0.15, 0.2) is 54.7 Å². The van der Waals surface area contributed by atoms with Gasteiger partial charge in [-0.25, -0.2) is 0 Å². The first kappa shape index (κ1) is 18.1. The van der Waals surface area contributed by atoms with Crippen molar-refractivity contribution in [1.29, 1.82) is 0 Å². The lowest BCUT2D eigenvalue weighted by Crippen LogP contribution is -2.48. The first-order chi connectivity index (χ1) is 13.4. The van der Waals surface area contributed by atoms with Crippen LogP contribution < -0.4 is 4.74 Å². The summed E-state index contributed by atoms with van der Waals surface area (Å²) in [5.41, 5.74) is 2.55. The second-order valence-electron chi connectivity index (χ2n) is 7.26. The van der Waals surface area contributed by atoms with Crippen LogP contribution in [0.25, 0.3) is 10.9 Å². The number of hydrogen-bond acceptors (Lipinski definition) is 5. The molecule has 0 saturated carbocycles. The molecule has 4 rings (SSSR count). The van der Waals surface area contributed by atoms with Crippen LogP contribution in [-0.2, 0) is 19.1 Å². The molecule has 0 bridgehead atoms. The lowest BCUT2D eigenvalue weighted by molar-refractivity contribution is -0.240. The number of para-hydroxylation sites is 1. The third kappa shape index (κ3) is 3.11. The third-order valence-electron chi connectivity index (χ3n) is 4.97. The molecule has 1 saturated heterocycles. The van der Waals surface area contributed by atoms with Crippen LogP contribution in [0.1, 0.15) is 30.9 Å². The van der Waals surface area contributed by atoms with E-state index in [-0.39, 0.29) is 0 Å². The average molecular weight is 379 g/mol. The Morgan fingerprint density at radius 2 is 1.64 bits per heavy atom. The fourth-order valence-corrected chi connectivity index (χ4v) is 3.71. The summed E-state index contributed by atoms with van der Waals surface area (Å²) in [5, 5.41) is 0.939. The highest BCUT2D eigenvalue weighted by molar-refractivity contribution is 5.99. The van der Waals surface area contributed by atoms with Gasteiger partial charge in [0.2, 0.25) is 0 Å². The molecule has 0 spiro atoms. The molecule has 1 aliphatic rings. The zero-order valence-corrected chi connectivity index (χ0v) is 15.9. The number of esters is 2. The molecule has 2 heterocycles. The summed E-state index contributed by atoms with van der Waals surface area (Å²) in [4.78, 5) is 28.9. The number of aromatic amines is 1. The summed E-state index contributed by atoms with van der Waals surface area (Å²) in [6.07, 6.45) is 1.83. The van der Waals surface area contributed by atoms with Crippen molar-refractivity contribution in [2.75, 3.05) is 7.11 Å². The Kier molecular flexibility index (Phi) is 4.34. The topological polar surface area (TPSA) is 77.6 Å². The number of methoxy groups -OCH3 is 1. The van der Waals surface area contributed by atoms with Crippen molar-refractivity contribution < 1.29 is 23.8 Å². The van der Waals surface area contributed by atoms with Crippen molar-refractivity contribution in [3.63, 3.8) is 0 Å². The first-order valence-electron chi connectivity index (χ1n) is 9.05. The van der Waals surface area contributed by atoms with E-state index in [0.717, 1.165) is 22.0 Å². The third-order valence-corrected chi connectivity index (χ3v) is 4.97. The molecule has 1 aromatic heterocycles. The van der Waals surface area contributed by atoms with Crippen molar-refractivity contribution in [2.24, 2.45) is 5.92 Å². The summed E-state index contributed by atoms with van der Waals surface area (Å²) in [5.74, 6) is -3.41. The number of hydrogen-bond donors (Lipinski definition) is 1. The molecule has 3 aromatic rings. The zero-order valence-electron chi connectivity index (χ0n) is 15.9. The standard InChI is InChI=1S/C22H21NO5/c1-22(2)27-20(24)19(21(25)28-22)18(13-8-10-14(26-3)11-9-13)16-12-23-17-7-5-4-6-15(16)17/h4-12,18-19,23H,1-3H3/t18-/m1/s1. The van der Waals surface area contributed by atoms with E-state index in [2.05, 4.69) is 4.98 Å². The van der Waals surface area contributed by atoms with Gasteiger partial charge in [0.25, 0.3) is 5.79 Å². The monoisotopic (exact) mass is 379 g/mol. The predicted octanol–water partition coefficient (Wildman–Crippen LogP) is 3.76. The summed E-state index contributed by atoms with van der Waals surface area (Å²) < 4.78 is 16.0. The van der Waals surface area contributed by atoms with Crippen LogP contribution in [0.4, 0.5) is 0 Å². The van der Waals surface area contributed by atoms with E-state index in [9.17, 15) is 9.59 Å². The van der Waals surface area contributed by atoms with E-state index in [0.29, 0.717) is 5.75 Å². The molecule has 0 amide bonds. The van der Waals surface area contributed by atoms with Crippen molar-refractivity contribution in [1.82, 2.24) is 4.98 Å². The minimum Gasteiger partial charge on any atom is -0.497 e. The highest BCUT2D eigenvalue weighted by Gasteiger charge is 2.48. The molecule has 6 heteroatoms. The van der Waals surface area contributed by atoms with Gasteiger partial charge >= 0.3 is 11.9 Å². The molecule has 0 aliphatic carbocycles. The number of carbonyl (C=O) groups excluding carboxylic acids is 2. The van der Waals surface area contributed by atoms with Gasteiger partial charge in [-0.05, 0) is 29.3 Å². The molecule has 1 fully saturated rings. The molecule has 0 radical (unpaired) electrons. The summed E-state index contributed by atoms with van der Waals surface area (Å²) >= 11 is 0. The largest absolute Gasteiger partial charge is 0.497 e. The minimum absolute atomic E-state index is 0.557. The number of fused-ring (bicyclic) bond motifs is 1. The summed E-state index contributed by atoms with van der Waals surface area (Å²) in [7, 11) is 1.59. The second-order valence-corrected chi connectivity index (χ2v) is 7.26. The van der Waals surface area contributed by atoms with Crippen LogP contribution in [0.3, 0.4) is 0 Å². The fourth-order valence-electron chi connectivity index (χ4n) is 3.71. The van der Waals surface area contributed by atoms with Crippen LogP contribution in [0.5, 0.6) is 5.75 Å². The number of benzene rings is 2. The van der Waals surface area contributed by atoms with Crippen molar-refractivity contribution >= 4 is 22.8 Å². The van der Waals surface area contributed by atoms with Gasteiger partial charge < -0.3 is 19.2 Å². The summed E-state index contributed by atoms with van der Waals surface area (Å²) in [6.45, 7) is 3.10. The molecular weight excluding hydrogens is 358 g/mol. The minimum atomic E-state index is -1.27. The van der Waals surface area contributed by atoms with Gasteiger partial charge in [-0.1, -0.05) is 30.3 Å². The lowest BCUT2D eigenvalue weighted by Gasteiger charge is -2.36. The number of cyclic esters (lactones) is 2. The zero-order chi connectivity index (χ0) is 19.9. The Morgan fingerprint density at radius 1 is 1.00 bits per heavy atom. The number of rotatable bonds is 4. The van der Waals surface area contributed by atoms with Crippen LogP contribution in [-0.4, -0.2) is 29.8 Å². The number of ether oxygens (including phenoxy) is 3. The van der Waals surface area contributed by atoms with Gasteiger partial charge in [0.1, 0.15) is 5.75 Å². The van der Waals surface area contributed by atoms with Gasteiger partial charge in [0.15, 0.2) is 5.92 Å². The lowest BCUT2D eigenvalue weighted by atomic mass is 9.80. The molecule has 1 aliphatic heterocycles. The second kappa shape index (κ2) is 6.71. The van der Waals surface area contributed by atoms with Crippen LogP contribution >= 0.6 is 0 Å². The molecule has 144 valence electrons. The fraction of sp³-hybridized carbons (Fsp3) is 0.273. The highest BCUT2D eigenvalue weighted by atomic mass is 16.7. The van der Waals surface area contributed by atoms with Gasteiger partial charge in [-0.3, -0.25) is 9.59 Å². The molecule has 1 N–H and O–H groups in total. The highest BCUT2D eigenvalue weighted by Crippen LogP contribution is 2.41. The van der Waals surface area contributed by atoms with Gasteiger partial charge in [0.05, 0.1) is 7.11 Å². The van der Waals surface area contributed by atoms with E-state index in [1.54, 1.807) is 33.1 Å². The normalized spacial score (nSPS) is 17.8. The average Bonchev–Trinajstić information content (AvgIpc) is 3.08. The Morgan fingerprint density at radius 3 is 2.29 bits per heavy atom. The Balaban J connectivity index is 1.86. The van der Waals surface area contributed by atoms with Gasteiger partial charge in [-0.15, -0.1) is 0 Å². The van der Waals surface area contributed by atoms with E-state index >= 15 is 0 Å². The maximum Gasteiger partial charge on any atom is 0.324 e. The van der Waals surface area contributed by atoms with Crippen LogP contribution in [0, 0.1) is 5.92 Å². The van der Waals surface area contributed by atoms with Crippen molar-refractivity contribution in [2.45, 2.75) is 25.6 Å². The predicted molar refractivity (Wildman–Crippen MR) is 103 cm³/mol. The molecular formula is C22H21NO5. The Hall–Kier alpha value is -3.28. The Bertz CT molecular complexity index is 1010. The molecule has 6 nitrogen and oxygen atoms in total. The van der Waals surface area contributed by atoms with E-state index < -0.39 is 29.6 Å². The van der Waals surface area contributed by atoms with Gasteiger partial charge in [0, 0.05) is 36.9 Å². The van der Waals surface area contributed by atoms with Crippen molar-refractivity contribution in [3.8, 4) is 5.75 Å². The SMILES string of the molecule is COc1ccc([C@H](c2c[nH]c3ccccc23)C2C(=O)OC(C)(C)OC2=O)cc1. The van der Waals surface area contributed by atoms with E-state index in [4.69, 9.17) is 14.2 Å². The maximum absolute atomic E-state index is 12.8. The molecule has 2 aromatic carbocycles. The molecule has 0 unspecified atom stereocenters. The first-order valence-corrected chi connectivity index (χ1v) is 9.05. The number of H-pyrrole nitrogens is 1. The quantitative estimate of drug-likeness (QED) is 0.552. The summed E-state index contributed by atoms with van der Waals surface area (Å²) in [6, 6.07) is 15.1. The van der Waals surface area contributed by atoms with E-state index in [1.165, 1.54) is 0 Å².